The van der Waals surface area contributed by atoms with Crippen molar-refractivity contribution in [2.24, 2.45) is 0 Å². The van der Waals surface area contributed by atoms with Gasteiger partial charge in [-0.1, -0.05) is 6.08 Å². The van der Waals surface area contributed by atoms with Gasteiger partial charge in [0, 0.05) is 11.1 Å². The molecule has 0 fully saturated rings. The first-order chi connectivity index (χ1) is 5.78. The molecule has 0 radical (unpaired) electrons. The maximum atomic E-state index is 11.4. The molecule has 0 amide bonds. The van der Waals surface area contributed by atoms with Crippen LogP contribution in [-0.2, 0) is 9.53 Å². The van der Waals surface area contributed by atoms with Crippen molar-refractivity contribution in [3.8, 4) is 0 Å². The van der Waals surface area contributed by atoms with Crippen molar-refractivity contribution in [1.29, 1.82) is 0 Å². The summed E-state index contributed by atoms with van der Waals surface area (Å²) in [5, 5.41) is 3.34. The Morgan fingerprint density at radius 1 is 1.38 bits per heavy atom. The van der Waals surface area contributed by atoms with E-state index < -0.39 is 0 Å². The summed E-state index contributed by atoms with van der Waals surface area (Å²) in [4.78, 5) is 11.4. The van der Waals surface area contributed by atoms with Gasteiger partial charge in [0.25, 0.3) is 0 Å². The van der Waals surface area contributed by atoms with Gasteiger partial charge in [0.2, 0.25) is 0 Å². The minimum Gasteiger partial charge on any atom is -0.466 e. The number of hydrogen-bond donors (Lipinski definition) is 1. The average Bonchev–Trinajstić information content (AvgIpc) is 2.17. The zero-order chi connectivity index (χ0) is 10.3. The zero-order valence-corrected chi connectivity index (χ0v) is 8.89. The Hall–Kier alpha value is -0.830. The number of methoxy groups -OCH3 is 1. The van der Waals surface area contributed by atoms with Crippen LogP contribution in [0.25, 0.3) is 0 Å². The van der Waals surface area contributed by atoms with Gasteiger partial charge in [-0.2, -0.15) is 0 Å². The second-order valence-corrected chi connectivity index (χ2v) is 4.52. The summed E-state index contributed by atoms with van der Waals surface area (Å²) in [5.41, 5.74) is 0.281. The summed E-state index contributed by atoms with van der Waals surface area (Å²) in [7, 11) is 1.41. The molecule has 1 heterocycles. The molecule has 0 bridgehead atoms. The molecule has 3 nitrogen and oxygen atoms in total. The fourth-order valence-electron chi connectivity index (χ4n) is 1.87. The first-order valence-electron chi connectivity index (χ1n) is 4.39. The first kappa shape index (κ1) is 10.3. The lowest BCUT2D eigenvalue weighted by Gasteiger charge is -2.27. The van der Waals surface area contributed by atoms with Gasteiger partial charge in [0.1, 0.15) is 0 Å². The lowest BCUT2D eigenvalue weighted by atomic mass is 9.97. The van der Waals surface area contributed by atoms with E-state index >= 15 is 0 Å². The molecule has 0 saturated heterocycles. The highest BCUT2D eigenvalue weighted by atomic mass is 16.5. The number of ether oxygens (including phenoxy) is 1. The molecule has 0 unspecified atom stereocenters. The monoisotopic (exact) mass is 183 g/mol. The number of hydrogen-bond acceptors (Lipinski definition) is 3. The predicted octanol–water partition coefficient (Wildman–Crippen LogP) is 1.25. The summed E-state index contributed by atoms with van der Waals surface area (Å²) in [6.07, 6.45) is 1.93. The molecule has 1 aliphatic heterocycles. The van der Waals surface area contributed by atoms with E-state index in [1.807, 2.05) is 33.8 Å². The van der Waals surface area contributed by atoms with Gasteiger partial charge in [0.05, 0.1) is 12.7 Å². The lowest BCUT2D eigenvalue weighted by molar-refractivity contribution is -0.136. The van der Waals surface area contributed by atoms with Crippen LogP contribution in [0.5, 0.6) is 0 Å². The Labute approximate surface area is 79.2 Å². The van der Waals surface area contributed by atoms with Crippen molar-refractivity contribution in [3.05, 3.63) is 11.6 Å². The summed E-state index contributed by atoms with van der Waals surface area (Å²) in [5.74, 6) is -0.247. The van der Waals surface area contributed by atoms with Crippen molar-refractivity contribution in [2.75, 3.05) is 7.11 Å². The molecule has 1 N–H and O–H groups in total. The summed E-state index contributed by atoms with van der Waals surface area (Å²) >= 11 is 0. The third-order valence-corrected chi connectivity index (χ3v) is 2.22. The van der Waals surface area contributed by atoms with Crippen LogP contribution in [0.4, 0.5) is 0 Å². The average molecular weight is 183 g/mol. The van der Waals surface area contributed by atoms with Gasteiger partial charge in [-0.15, -0.1) is 0 Å². The fourth-order valence-corrected chi connectivity index (χ4v) is 1.87. The van der Waals surface area contributed by atoms with Crippen molar-refractivity contribution in [2.45, 2.75) is 38.8 Å². The third kappa shape index (κ3) is 1.91. The van der Waals surface area contributed by atoms with Crippen LogP contribution in [0.15, 0.2) is 11.6 Å². The number of rotatable bonds is 1. The van der Waals surface area contributed by atoms with Crippen LogP contribution in [0, 0.1) is 0 Å². The number of carbonyl (C=O) groups excluding carboxylic acids is 1. The Bertz CT molecular complexity index is 264. The van der Waals surface area contributed by atoms with E-state index in [-0.39, 0.29) is 17.0 Å². The molecule has 0 aromatic rings. The first-order valence-corrected chi connectivity index (χ1v) is 4.39. The molecule has 1 aliphatic rings. The van der Waals surface area contributed by atoms with E-state index in [2.05, 4.69) is 5.32 Å². The highest BCUT2D eigenvalue weighted by molar-refractivity contribution is 5.91. The smallest absolute Gasteiger partial charge is 0.335 e. The van der Waals surface area contributed by atoms with Crippen molar-refractivity contribution in [1.82, 2.24) is 5.32 Å². The molecule has 1 rings (SSSR count). The van der Waals surface area contributed by atoms with E-state index in [4.69, 9.17) is 4.74 Å². The van der Waals surface area contributed by atoms with E-state index in [0.29, 0.717) is 5.57 Å². The Morgan fingerprint density at radius 2 is 1.92 bits per heavy atom. The van der Waals surface area contributed by atoms with Gasteiger partial charge in [-0.25, -0.2) is 4.79 Å². The molecular formula is C10H17NO2. The summed E-state index contributed by atoms with van der Waals surface area (Å²) in [6, 6.07) is 0. The zero-order valence-electron chi connectivity index (χ0n) is 8.89. The van der Waals surface area contributed by atoms with Gasteiger partial charge < -0.3 is 4.74 Å². The maximum absolute atomic E-state index is 11.4. The van der Waals surface area contributed by atoms with Gasteiger partial charge >= 0.3 is 5.97 Å². The summed E-state index contributed by atoms with van der Waals surface area (Å²) < 4.78 is 4.72. The standard InChI is InChI=1S/C10H17NO2/c1-9(2)6-7(8(12)13-5)10(3,4)11-9/h6,11H,1-5H3. The van der Waals surface area contributed by atoms with E-state index in [9.17, 15) is 4.79 Å². The Morgan fingerprint density at radius 3 is 2.23 bits per heavy atom. The third-order valence-electron chi connectivity index (χ3n) is 2.22. The minimum atomic E-state index is -0.295. The molecular weight excluding hydrogens is 166 g/mol. The maximum Gasteiger partial charge on any atom is 0.335 e. The van der Waals surface area contributed by atoms with Crippen molar-refractivity contribution >= 4 is 5.97 Å². The SMILES string of the molecule is COC(=O)C1=CC(C)(C)NC1(C)C. The molecule has 0 spiro atoms. The van der Waals surface area contributed by atoms with Crippen LogP contribution in [0.3, 0.4) is 0 Å². The molecule has 0 aromatic carbocycles. The van der Waals surface area contributed by atoms with Crippen LogP contribution >= 0.6 is 0 Å². The fraction of sp³-hybridized carbons (Fsp3) is 0.700. The summed E-state index contributed by atoms with van der Waals surface area (Å²) in [6.45, 7) is 8.02. The van der Waals surface area contributed by atoms with E-state index in [1.165, 1.54) is 7.11 Å². The number of carbonyl (C=O) groups is 1. The second kappa shape index (κ2) is 2.84. The molecule has 3 heteroatoms. The van der Waals surface area contributed by atoms with Gasteiger partial charge in [0.15, 0.2) is 0 Å². The highest BCUT2D eigenvalue weighted by Crippen LogP contribution is 2.30. The quantitative estimate of drug-likeness (QED) is 0.622. The van der Waals surface area contributed by atoms with Crippen LogP contribution in [0.2, 0.25) is 0 Å². The Kier molecular flexibility index (Phi) is 2.24. The Balaban J connectivity index is 3.00. The second-order valence-electron chi connectivity index (χ2n) is 4.52. The number of esters is 1. The molecule has 0 atom stereocenters. The molecule has 0 aromatic heterocycles. The van der Waals surface area contributed by atoms with E-state index in [0.717, 1.165) is 0 Å². The van der Waals surface area contributed by atoms with Gasteiger partial charge in [-0.05, 0) is 27.7 Å². The van der Waals surface area contributed by atoms with Gasteiger partial charge in [-0.3, -0.25) is 5.32 Å². The van der Waals surface area contributed by atoms with Crippen LogP contribution < -0.4 is 5.32 Å². The lowest BCUT2D eigenvalue weighted by Crippen LogP contribution is -2.46. The molecule has 13 heavy (non-hydrogen) atoms. The normalized spacial score (nSPS) is 23.9. The van der Waals surface area contributed by atoms with Crippen molar-refractivity contribution in [3.63, 3.8) is 0 Å². The topological polar surface area (TPSA) is 38.3 Å². The van der Waals surface area contributed by atoms with E-state index in [1.54, 1.807) is 0 Å². The molecule has 0 saturated carbocycles. The molecule has 74 valence electrons. The van der Waals surface area contributed by atoms with Crippen molar-refractivity contribution < 1.29 is 9.53 Å². The highest BCUT2D eigenvalue weighted by Gasteiger charge is 2.40. The number of nitrogens with one attached hydrogen (secondary N) is 1. The minimum absolute atomic E-state index is 0.132. The largest absolute Gasteiger partial charge is 0.466 e. The van der Waals surface area contributed by atoms with Crippen LogP contribution in [-0.4, -0.2) is 24.2 Å². The van der Waals surface area contributed by atoms with Crippen LogP contribution in [0.1, 0.15) is 27.7 Å². The molecule has 0 aliphatic carbocycles. The predicted molar refractivity (Wildman–Crippen MR) is 51.4 cm³/mol.